The molecule has 2 rings (SSSR count). The van der Waals surface area contributed by atoms with Gasteiger partial charge in [-0.3, -0.25) is 14.5 Å². The standard InChI is InChI=1S/C13H20F2N4O3.ClH/c14-13(15,7-16)8-17-9(20)6-19-10(21)12(18-11(19)22)4-2-1-3-5-12;/h1-8,16H2,(H,17,20)(H,18,22);1H. The Morgan fingerprint density at radius 3 is 2.48 bits per heavy atom. The molecule has 0 aromatic carbocycles. The summed E-state index contributed by atoms with van der Waals surface area (Å²) in [6, 6.07) is -0.646. The maximum Gasteiger partial charge on any atom is 0.325 e. The lowest BCUT2D eigenvalue weighted by molar-refractivity contribution is -0.136. The normalized spacial score (nSPS) is 20.2. The van der Waals surface area contributed by atoms with E-state index in [9.17, 15) is 23.2 Å². The molecule has 132 valence electrons. The summed E-state index contributed by atoms with van der Waals surface area (Å²) in [5.41, 5.74) is 3.94. The van der Waals surface area contributed by atoms with Crippen molar-refractivity contribution in [2.45, 2.75) is 43.6 Å². The fraction of sp³-hybridized carbons (Fsp3) is 0.769. The lowest BCUT2D eigenvalue weighted by atomic mass is 9.82. The molecular formula is C13H21ClF2N4O3. The first kappa shape index (κ1) is 19.6. The minimum atomic E-state index is -3.21. The van der Waals surface area contributed by atoms with Gasteiger partial charge in [-0.2, -0.15) is 0 Å². The molecule has 2 aliphatic rings. The summed E-state index contributed by atoms with van der Waals surface area (Å²) in [4.78, 5) is 36.7. The number of hydrogen-bond acceptors (Lipinski definition) is 4. The highest BCUT2D eigenvalue weighted by molar-refractivity contribution is 6.09. The average Bonchev–Trinajstić information content (AvgIpc) is 2.70. The predicted molar refractivity (Wildman–Crippen MR) is 80.3 cm³/mol. The maximum absolute atomic E-state index is 13.0. The molecule has 0 atom stereocenters. The van der Waals surface area contributed by atoms with Crippen LogP contribution in [0.25, 0.3) is 0 Å². The number of halogens is 3. The zero-order valence-corrected chi connectivity index (χ0v) is 13.4. The average molecular weight is 355 g/mol. The van der Waals surface area contributed by atoms with Crippen LogP contribution >= 0.6 is 12.4 Å². The number of nitrogens with two attached hydrogens (primary N) is 1. The Bertz CT molecular complexity index is 484. The number of urea groups is 1. The second-order valence-corrected chi connectivity index (χ2v) is 5.80. The Morgan fingerprint density at radius 2 is 1.91 bits per heavy atom. The first-order valence-electron chi connectivity index (χ1n) is 7.28. The van der Waals surface area contributed by atoms with E-state index in [-0.39, 0.29) is 12.4 Å². The highest BCUT2D eigenvalue weighted by atomic mass is 35.5. The first-order valence-corrected chi connectivity index (χ1v) is 7.28. The molecule has 0 unspecified atom stereocenters. The number of hydrogen-bond donors (Lipinski definition) is 3. The molecule has 1 aliphatic heterocycles. The molecule has 1 saturated heterocycles. The molecule has 1 spiro atoms. The van der Waals surface area contributed by atoms with E-state index in [1.54, 1.807) is 0 Å². The van der Waals surface area contributed by atoms with Crippen LogP contribution in [0.4, 0.5) is 13.6 Å². The second kappa shape index (κ2) is 7.39. The topological polar surface area (TPSA) is 105 Å². The van der Waals surface area contributed by atoms with Crippen LogP contribution in [-0.2, 0) is 9.59 Å². The quantitative estimate of drug-likeness (QED) is 0.620. The van der Waals surface area contributed by atoms with Gasteiger partial charge in [0.2, 0.25) is 5.91 Å². The molecular weight excluding hydrogens is 334 g/mol. The van der Waals surface area contributed by atoms with Gasteiger partial charge < -0.3 is 16.4 Å². The molecule has 1 heterocycles. The Labute approximate surface area is 138 Å². The fourth-order valence-electron chi connectivity index (χ4n) is 2.81. The molecule has 1 aliphatic carbocycles. The van der Waals surface area contributed by atoms with Gasteiger partial charge in [0, 0.05) is 0 Å². The number of nitrogens with one attached hydrogen (secondary N) is 2. The van der Waals surface area contributed by atoms with Crippen LogP contribution in [0.2, 0.25) is 0 Å². The molecule has 0 radical (unpaired) electrons. The summed E-state index contributed by atoms with van der Waals surface area (Å²) in [5.74, 6) is -4.47. The number of rotatable bonds is 5. The molecule has 0 aromatic rings. The van der Waals surface area contributed by atoms with Crippen molar-refractivity contribution in [3.63, 3.8) is 0 Å². The monoisotopic (exact) mass is 354 g/mol. The van der Waals surface area contributed by atoms with E-state index in [1.165, 1.54) is 0 Å². The summed E-state index contributed by atoms with van der Waals surface area (Å²) in [6.07, 6.45) is 3.74. The van der Waals surface area contributed by atoms with Crippen molar-refractivity contribution in [1.29, 1.82) is 0 Å². The van der Waals surface area contributed by atoms with Crippen LogP contribution < -0.4 is 16.4 Å². The van der Waals surface area contributed by atoms with Crippen molar-refractivity contribution < 1.29 is 23.2 Å². The lowest BCUT2D eigenvalue weighted by Gasteiger charge is -2.30. The van der Waals surface area contributed by atoms with E-state index in [4.69, 9.17) is 5.73 Å². The van der Waals surface area contributed by atoms with Crippen molar-refractivity contribution in [2.24, 2.45) is 5.73 Å². The Hall–Kier alpha value is -1.48. The smallest absolute Gasteiger partial charge is 0.325 e. The highest BCUT2D eigenvalue weighted by Gasteiger charge is 2.51. The summed E-state index contributed by atoms with van der Waals surface area (Å²) >= 11 is 0. The first-order chi connectivity index (χ1) is 10.3. The van der Waals surface area contributed by atoms with Crippen molar-refractivity contribution in [3.05, 3.63) is 0 Å². The lowest BCUT2D eigenvalue weighted by Crippen LogP contribution is -2.49. The van der Waals surface area contributed by atoms with E-state index in [0.29, 0.717) is 12.8 Å². The zero-order chi connectivity index (χ0) is 16.4. The van der Waals surface area contributed by atoms with Crippen LogP contribution in [0.5, 0.6) is 0 Å². The number of imide groups is 1. The van der Waals surface area contributed by atoms with Crippen molar-refractivity contribution >= 4 is 30.3 Å². The fourth-order valence-corrected chi connectivity index (χ4v) is 2.81. The van der Waals surface area contributed by atoms with Gasteiger partial charge in [0.1, 0.15) is 12.1 Å². The van der Waals surface area contributed by atoms with Gasteiger partial charge in [0.15, 0.2) is 0 Å². The molecule has 2 fully saturated rings. The van der Waals surface area contributed by atoms with Crippen LogP contribution in [-0.4, -0.2) is 53.8 Å². The van der Waals surface area contributed by atoms with Gasteiger partial charge in [-0.1, -0.05) is 19.3 Å². The third-order valence-electron chi connectivity index (χ3n) is 4.10. The van der Waals surface area contributed by atoms with Gasteiger partial charge in [-0.05, 0) is 12.8 Å². The minimum Gasteiger partial charge on any atom is -0.348 e. The molecule has 0 bridgehead atoms. The van der Waals surface area contributed by atoms with Crippen molar-refractivity contribution in [1.82, 2.24) is 15.5 Å². The van der Waals surface area contributed by atoms with Crippen LogP contribution in [0.3, 0.4) is 0 Å². The van der Waals surface area contributed by atoms with Gasteiger partial charge in [-0.15, -0.1) is 12.4 Å². The number of carbonyl (C=O) groups excluding carboxylic acids is 3. The number of nitrogens with zero attached hydrogens (tertiary/aromatic N) is 1. The van der Waals surface area contributed by atoms with E-state index in [1.807, 2.05) is 5.32 Å². The third-order valence-corrected chi connectivity index (χ3v) is 4.10. The zero-order valence-electron chi connectivity index (χ0n) is 12.6. The summed E-state index contributed by atoms with van der Waals surface area (Å²) in [7, 11) is 0. The maximum atomic E-state index is 13.0. The molecule has 4 amide bonds. The van der Waals surface area contributed by atoms with Crippen LogP contribution in [0, 0.1) is 0 Å². The molecule has 7 nitrogen and oxygen atoms in total. The SMILES string of the molecule is Cl.NCC(F)(F)CNC(=O)CN1C(=O)NC2(CCCCC2)C1=O. The summed E-state index contributed by atoms with van der Waals surface area (Å²) < 4.78 is 25.9. The minimum absolute atomic E-state index is 0. The molecule has 4 N–H and O–H groups in total. The summed E-state index contributed by atoms with van der Waals surface area (Å²) in [6.45, 7) is -2.37. The predicted octanol–water partition coefficient (Wildman–Crippen LogP) is 0.373. The van der Waals surface area contributed by atoms with Crippen LogP contribution in [0.1, 0.15) is 32.1 Å². The van der Waals surface area contributed by atoms with E-state index < -0.39 is 48.9 Å². The molecule has 10 heteroatoms. The van der Waals surface area contributed by atoms with Crippen molar-refractivity contribution in [3.8, 4) is 0 Å². The second-order valence-electron chi connectivity index (χ2n) is 5.80. The van der Waals surface area contributed by atoms with Crippen molar-refractivity contribution in [2.75, 3.05) is 19.6 Å². The van der Waals surface area contributed by atoms with E-state index in [0.717, 1.165) is 24.2 Å². The van der Waals surface area contributed by atoms with E-state index >= 15 is 0 Å². The van der Waals surface area contributed by atoms with Crippen LogP contribution in [0.15, 0.2) is 0 Å². The van der Waals surface area contributed by atoms with E-state index in [2.05, 4.69) is 5.32 Å². The van der Waals surface area contributed by atoms with Gasteiger partial charge >= 0.3 is 6.03 Å². The summed E-state index contributed by atoms with van der Waals surface area (Å²) in [5, 5.41) is 4.64. The molecule has 1 saturated carbocycles. The Morgan fingerprint density at radius 1 is 1.30 bits per heavy atom. The molecule has 23 heavy (non-hydrogen) atoms. The number of amides is 4. The third kappa shape index (κ3) is 4.29. The Balaban J connectivity index is 0.00000264. The highest BCUT2D eigenvalue weighted by Crippen LogP contribution is 2.33. The number of carbonyl (C=O) groups is 3. The molecule has 0 aromatic heterocycles. The van der Waals surface area contributed by atoms with Gasteiger partial charge in [0.05, 0.1) is 13.1 Å². The Kier molecular flexibility index (Phi) is 6.29. The largest absolute Gasteiger partial charge is 0.348 e. The van der Waals surface area contributed by atoms with Gasteiger partial charge in [0.25, 0.3) is 11.8 Å². The van der Waals surface area contributed by atoms with Gasteiger partial charge in [-0.25, -0.2) is 13.6 Å². The number of alkyl halides is 2.